The molecule has 0 heterocycles. The predicted octanol–water partition coefficient (Wildman–Crippen LogP) is 5.83. The molecule has 0 saturated heterocycles. The van der Waals surface area contributed by atoms with Crippen LogP contribution >= 0.6 is 0 Å². The molecule has 0 aromatic carbocycles. The van der Waals surface area contributed by atoms with E-state index in [0.29, 0.717) is 11.6 Å². The van der Waals surface area contributed by atoms with Crippen molar-refractivity contribution in [2.75, 3.05) is 7.05 Å². The number of carbonyl (C=O) groups excluding carboxylic acids is 1. The highest BCUT2D eigenvalue weighted by molar-refractivity contribution is 5.94. The highest BCUT2D eigenvalue weighted by Crippen LogP contribution is 2.09. The summed E-state index contributed by atoms with van der Waals surface area (Å²) in [7, 11) is 1.82. The van der Waals surface area contributed by atoms with Crippen molar-refractivity contribution >= 4 is 18.2 Å². The summed E-state index contributed by atoms with van der Waals surface area (Å²) < 4.78 is 0. The van der Waals surface area contributed by atoms with Crippen molar-refractivity contribution < 1.29 is 6.22 Å². The van der Waals surface area contributed by atoms with E-state index in [9.17, 15) is 4.79 Å². The standard InChI is InChI=1S/C11H17NO.C9H17N.H2/c1-8(2)9(3)6-7-11(12-5)10(4)13;1-5-6-8(2)7-9(3)10-4;/h6-8H,5H2,1-4H3;7H,5-6H2,1-4H3;1H/b9-6+,11-7-;8-7-,10-9?;. The van der Waals surface area contributed by atoms with Gasteiger partial charge < -0.3 is 0 Å². The molecular weight excluding hydrogens is 284 g/mol. The van der Waals surface area contributed by atoms with Crippen molar-refractivity contribution in [1.29, 1.82) is 0 Å². The van der Waals surface area contributed by atoms with Crippen molar-refractivity contribution in [3.05, 3.63) is 35.1 Å². The number of hydrogen-bond donors (Lipinski definition) is 0. The minimum Gasteiger partial charge on any atom is -0.293 e. The number of allylic oxidation sites excluding steroid dienone is 6. The first kappa shape index (κ1) is 23.5. The van der Waals surface area contributed by atoms with E-state index in [4.69, 9.17) is 0 Å². The van der Waals surface area contributed by atoms with E-state index < -0.39 is 0 Å². The van der Waals surface area contributed by atoms with Crippen LogP contribution in [0.2, 0.25) is 0 Å². The van der Waals surface area contributed by atoms with Crippen LogP contribution in [0.3, 0.4) is 0 Å². The van der Waals surface area contributed by atoms with E-state index in [-0.39, 0.29) is 7.21 Å². The maximum absolute atomic E-state index is 10.9. The van der Waals surface area contributed by atoms with Crippen molar-refractivity contribution in [1.82, 2.24) is 0 Å². The molecule has 23 heavy (non-hydrogen) atoms. The van der Waals surface area contributed by atoms with E-state index in [2.05, 4.69) is 50.5 Å². The van der Waals surface area contributed by atoms with Gasteiger partial charge in [0.05, 0.1) is 0 Å². The van der Waals surface area contributed by atoms with Crippen LogP contribution in [0.4, 0.5) is 0 Å². The zero-order valence-corrected chi connectivity index (χ0v) is 16.2. The Morgan fingerprint density at radius 3 is 2.09 bits per heavy atom. The number of Topliss-reactive ketones (excluding diaryl/α,β-unsaturated/α-hetero) is 1. The Kier molecular flexibility index (Phi) is 14.2. The average molecular weight is 321 g/mol. The molecule has 0 spiro atoms. The van der Waals surface area contributed by atoms with Gasteiger partial charge in [-0.3, -0.25) is 14.8 Å². The fourth-order valence-corrected chi connectivity index (χ4v) is 1.57. The van der Waals surface area contributed by atoms with Gasteiger partial charge in [-0.2, -0.15) is 0 Å². The Morgan fingerprint density at radius 2 is 1.74 bits per heavy atom. The van der Waals surface area contributed by atoms with Crippen LogP contribution in [0.15, 0.2) is 45.1 Å². The molecule has 0 aliphatic heterocycles. The van der Waals surface area contributed by atoms with E-state index in [1.54, 1.807) is 6.08 Å². The first-order valence-electron chi connectivity index (χ1n) is 8.16. The lowest BCUT2D eigenvalue weighted by Crippen LogP contribution is -1.93. The van der Waals surface area contributed by atoms with E-state index in [1.807, 2.05) is 27.0 Å². The number of ketones is 1. The highest BCUT2D eigenvalue weighted by Gasteiger charge is 1.98. The second kappa shape index (κ2) is 13.9. The van der Waals surface area contributed by atoms with Crippen molar-refractivity contribution in [3.8, 4) is 0 Å². The van der Waals surface area contributed by atoms with E-state index in [1.165, 1.54) is 30.9 Å². The van der Waals surface area contributed by atoms with Crippen LogP contribution in [-0.4, -0.2) is 25.3 Å². The van der Waals surface area contributed by atoms with Gasteiger partial charge in [-0.1, -0.05) is 44.4 Å². The van der Waals surface area contributed by atoms with Crippen molar-refractivity contribution in [3.63, 3.8) is 0 Å². The van der Waals surface area contributed by atoms with Gasteiger partial charge in [-0.25, -0.2) is 0 Å². The molecule has 0 bridgehead atoms. The Balaban J connectivity index is -0.000000364. The van der Waals surface area contributed by atoms with E-state index >= 15 is 0 Å². The molecular formula is C20H36N2O. The van der Waals surface area contributed by atoms with Crippen LogP contribution in [-0.2, 0) is 4.79 Å². The summed E-state index contributed by atoms with van der Waals surface area (Å²) in [5.74, 6) is 0.442. The third kappa shape index (κ3) is 13.6. The molecule has 0 amide bonds. The average Bonchev–Trinajstić information content (AvgIpc) is 2.47. The smallest absolute Gasteiger partial charge is 0.178 e. The summed E-state index contributed by atoms with van der Waals surface area (Å²) in [4.78, 5) is 18.6. The summed E-state index contributed by atoms with van der Waals surface area (Å²) in [6, 6.07) is 0. The van der Waals surface area contributed by atoms with Gasteiger partial charge in [-0.05, 0) is 52.0 Å². The molecule has 3 heteroatoms. The lowest BCUT2D eigenvalue weighted by atomic mass is 10.0. The maximum atomic E-state index is 10.9. The van der Waals surface area contributed by atoms with Crippen LogP contribution in [0.5, 0.6) is 0 Å². The third-order valence-corrected chi connectivity index (χ3v) is 3.40. The molecule has 0 aliphatic rings. The number of carbonyl (C=O) groups is 1. The Morgan fingerprint density at radius 1 is 1.17 bits per heavy atom. The summed E-state index contributed by atoms with van der Waals surface area (Å²) in [5.41, 5.74) is 4.18. The number of aliphatic imine (C=N–C) groups is 2. The molecule has 0 rings (SSSR count). The molecule has 0 radical (unpaired) electrons. The predicted molar refractivity (Wildman–Crippen MR) is 107 cm³/mol. The first-order chi connectivity index (χ1) is 10.7. The number of rotatable bonds is 7. The fraction of sp³-hybridized carbons (Fsp3) is 0.550. The SMILES string of the molecule is C=N/C(=C\C=C(/C)C(C)C)C(C)=O.CCC/C(C)=C\C(C)=NC.[HH]. The van der Waals surface area contributed by atoms with Crippen LogP contribution in [0.25, 0.3) is 0 Å². The molecule has 0 fully saturated rings. The van der Waals surface area contributed by atoms with Gasteiger partial charge in [0.15, 0.2) is 5.78 Å². The summed E-state index contributed by atoms with van der Waals surface area (Å²) >= 11 is 0. The third-order valence-electron chi connectivity index (χ3n) is 3.40. The Hall–Kier alpha value is -1.77. The lowest BCUT2D eigenvalue weighted by Gasteiger charge is -2.02. The zero-order valence-electron chi connectivity index (χ0n) is 16.2. The minimum absolute atomic E-state index is 0. The van der Waals surface area contributed by atoms with Crippen LogP contribution in [0, 0.1) is 5.92 Å². The molecule has 0 aromatic rings. The second-order valence-corrected chi connectivity index (χ2v) is 5.94. The molecule has 0 atom stereocenters. The quantitative estimate of drug-likeness (QED) is 0.330. The molecule has 0 aliphatic carbocycles. The largest absolute Gasteiger partial charge is 0.293 e. The van der Waals surface area contributed by atoms with Crippen molar-refractivity contribution in [2.45, 2.75) is 61.3 Å². The molecule has 3 nitrogen and oxygen atoms in total. The molecule has 0 saturated carbocycles. The fourth-order valence-electron chi connectivity index (χ4n) is 1.57. The molecule has 0 N–H and O–H groups in total. The highest BCUT2D eigenvalue weighted by atomic mass is 16.1. The summed E-state index contributed by atoms with van der Waals surface area (Å²) in [6.45, 7) is 17.4. The number of nitrogens with zero attached hydrogens (tertiary/aromatic N) is 2. The van der Waals surface area contributed by atoms with Gasteiger partial charge in [0.1, 0.15) is 5.70 Å². The first-order valence-corrected chi connectivity index (χ1v) is 8.16. The van der Waals surface area contributed by atoms with Crippen molar-refractivity contribution in [2.24, 2.45) is 15.9 Å². The summed E-state index contributed by atoms with van der Waals surface area (Å²) in [6.07, 6.45) is 8.18. The number of hydrogen-bond acceptors (Lipinski definition) is 3. The minimum atomic E-state index is -0.0530. The maximum Gasteiger partial charge on any atom is 0.178 e. The Bertz CT molecular complexity index is 498. The van der Waals surface area contributed by atoms with Crippen LogP contribution in [0.1, 0.15) is 62.7 Å². The normalized spacial score (nSPS) is 13.6. The van der Waals surface area contributed by atoms with Gasteiger partial charge in [0.25, 0.3) is 0 Å². The van der Waals surface area contributed by atoms with Gasteiger partial charge >= 0.3 is 0 Å². The van der Waals surface area contributed by atoms with Gasteiger partial charge in [-0.15, -0.1) is 0 Å². The lowest BCUT2D eigenvalue weighted by molar-refractivity contribution is -0.113. The molecule has 0 aromatic heterocycles. The molecule has 132 valence electrons. The van der Waals surface area contributed by atoms with E-state index in [0.717, 1.165) is 5.71 Å². The zero-order chi connectivity index (χ0) is 18.4. The van der Waals surface area contributed by atoms with Gasteiger partial charge in [0, 0.05) is 21.1 Å². The Labute approximate surface area is 144 Å². The topological polar surface area (TPSA) is 41.8 Å². The van der Waals surface area contributed by atoms with Crippen LogP contribution < -0.4 is 0 Å². The monoisotopic (exact) mass is 320 g/mol. The molecule has 0 unspecified atom stereocenters. The second-order valence-electron chi connectivity index (χ2n) is 5.94. The summed E-state index contributed by atoms with van der Waals surface area (Å²) in [5, 5.41) is 0. The van der Waals surface area contributed by atoms with Gasteiger partial charge in [0.2, 0.25) is 0 Å².